The number of amides is 1. The molecule has 0 bridgehead atoms. The lowest BCUT2D eigenvalue weighted by Crippen LogP contribution is -2.39. The van der Waals surface area contributed by atoms with Gasteiger partial charge in [-0.2, -0.15) is 0 Å². The smallest absolute Gasteiger partial charge is 0.236 e. The molecule has 6 nitrogen and oxygen atoms in total. The first-order valence-corrected chi connectivity index (χ1v) is 7.46. The molecule has 0 aliphatic carbocycles. The lowest BCUT2D eigenvalue weighted by atomic mass is 9.93. The Morgan fingerprint density at radius 1 is 1.48 bits per heavy atom. The zero-order valence-electron chi connectivity index (χ0n) is 13.5. The Balaban J connectivity index is 1.99. The predicted molar refractivity (Wildman–Crippen MR) is 80.8 cm³/mol. The van der Waals surface area contributed by atoms with Crippen molar-refractivity contribution >= 4 is 5.91 Å². The number of hydrogen-bond donors (Lipinski definition) is 0. The van der Waals surface area contributed by atoms with Gasteiger partial charge in [0.25, 0.3) is 0 Å². The minimum Gasteiger partial charge on any atom is -0.370 e. The van der Waals surface area contributed by atoms with Gasteiger partial charge in [0.2, 0.25) is 5.91 Å². The van der Waals surface area contributed by atoms with Crippen LogP contribution < -0.4 is 0 Å². The van der Waals surface area contributed by atoms with Crippen LogP contribution in [0.1, 0.15) is 24.8 Å². The van der Waals surface area contributed by atoms with E-state index >= 15 is 0 Å². The van der Waals surface area contributed by atoms with Crippen LogP contribution in [0.15, 0.2) is 12.4 Å². The number of carbonyl (C=O) groups excluding carboxylic acids is 1. The topological polar surface area (TPSA) is 50.6 Å². The first kappa shape index (κ1) is 16.0. The summed E-state index contributed by atoms with van der Waals surface area (Å²) in [6.45, 7) is 2.07. The maximum Gasteiger partial charge on any atom is 0.236 e. The lowest BCUT2D eigenvalue weighted by molar-refractivity contribution is -0.130. The molecule has 1 amide bonds. The van der Waals surface area contributed by atoms with Crippen LogP contribution in [0.5, 0.6) is 0 Å². The van der Waals surface area contributed by atoms with Gasteiger partial charge in [-0.05, 0) is 19.9 Å². The minimum absolute atomic E-state index is 0.0238. The third kappa shape index (κ3) is 4.04. The third-order valence-electron chi connectivity index (χ3n) is 4.01. The Bertz CT molecular complexity index is 472. The van der Waals surface area contributed by atoms with Crippen LogP contribution in [0.4, 0.5) is 0 Å². The molecular weight excluding hydrogens is 268 g/mol. The van der Waals surface area contributed by atoms with Crippen molar-refractivity contribution in [3.8, 4) is 0 Å². The number of likely N-dealkylation sites (N-methyl/N-ethyl adjacent to an activating group) is 2. The molecule has 2 atom stereocenters. The highest BCUT2D eigenvalue weighted by Crippen LogP contribution is 2.32. The SMILES string of the molecule is CN(CC(=O)N(C)C)C[C@@H]1CCCO[C@H]1c1nccn1C. The largest absolute Gasteiger partial charge is 0.370 e. The molecule has 1 aromatic heterocycles. The fourth-order valence-corrected chi connectivity index (χ4v) is 2.80. The third-order valence-corrected chi connectivity index (χ3v) is 4.01. The highest BCUT2D eigenvalue weighted by molar-refractivity contribution is 5.77. The molecule has 6 heteroatoms. The number of aryl methyl sites for hydroxylation is 1. The summed E-state index contributed by atoms with van der Waals surface area (Å²) in [6.07, 6.45) is 5.96. The van der Waals surface area contributed by atoms with Crippen molar-refractivity contribution in [3.05, 3.63) is 18.2 Å². The average Bonchev–Trinajstić information content (AvgIpc) is 2.85. The van der Waals surface area contributed by atoms with Crippen molar-refractivity contribution in [1.82, 2.24) is 19.4 Å². The molecule has 1 fully saturated rings. The summed E-state index contributed by atoms with van der Waals surface area (Å²) >= 11 is 0. The molecule has 2 heterocycles. The fourth-order valence-electron chi connectivity index (χ4n) is 2.80. The number of imidazole rings is 1. The van der Waals surface area contributed by atoms with Crippen molar-refractivity contribution in [3.63, 3.8) is 0 Å². The normalized spacial score (nSPS) is 22.5. The number of hydrogen-bond acceptors (Lipinski definition) is 4. The van der Waals surface area contributed by atoms with Gasteiger partial charge in [-0.1, -0.05) is 0 Å². The van der Waals surface area contributed by atoms with Gasteiger partial charge in [-0.25, -0.2) is 4.98 Å². The van der Waals surface area contributed by atoms with E-state index in [1.165, 1.54) is 0 Å². The van der Waals surface area contributed by atoms with E-state index in [-0.39, 0.29) is 12.0 Å². The van der Waals surface area contributed by atoms with Gasteiger partial charge in [0, 0.05) is 52.6 Å². The van der Waals surface area contributed by atoms with E-state index < -0.39 is 0 Å². The van der Waals surface area contributed by atoms with Gasteiger partial charge in [0.15, 0.2) is 0 Å². The number of aromatic nitrogens is 2. The molecule has 0 saturated carbocycles. The zero-order chi connectivity index (χ0) is 15.4. The van der Waals surface area contributed by atoms with E-state index in [0.29, 0.717) is 12.5 Å². The van der Waals surface area contributed by atoms with Crippen molar-refractivity contribution in [2.24, 2.45) is 13.0 Å². The predicted octanol–water partition coefficient (Wildman–Crippen LogP) is 0.908. The van der Waals surface area contributed by atoms with E-state index in [9.17, 15) is 4.79 Å². The van der Waals surface area contributed by atoms with E-state index in [4.69, 9.17) is 4.74 Å². The van der Waals surface area contributed by atoms with Crippen LogP contribution in [0.25, 0.3) is 0 Å². The maximum absolute atomic E-state index is 11.8. The Kier molecular flexibility index (Phi) is 5.36. The quantitative estimate of drug-likeness (QED) is 0.810. The van der Waals surface area contributed by atoms with Crippen LogP contribution >= 0.6 is 0 Å². The lowest BCUT2D eigenvalue weighted by Gasteiger charge is -2.34. The Labute approximate surface area is 126 Å². The summed E-state index contributed by atoms with van der Waals surface area (Å²) in [4.78, 5) is 19.9. The van der Waals surface area contributed by atoms with Crippen molar-refractivity contribution in [1.29, 1.82) is 0 Å². The Morgan fingerprint density at radius 2 is 2.24 bits per heavy atom. The van der Waals surface area contributed by atoms with Crippen LogP contribution in [0.3, 0.4) is 0 Å². The summed E-state index contributed by atoms with van der Waals surface area (Å²) in [5.41, 5.74) is 0. The van der Waals surface area contributed by atoms with Crippen molar-refractivity contribution < 1.29 is 9.53 Å². The van der Waals surface area contributed by atoms with Crippen LogP contribution in [0.2, 0.25) is 0 Å². The standard InChI is InChI=1S/C15H26N4O2/c1-17(2)13(20)11-18(3)10-12-6-5-9-21-14(12)15-16-7-8-19(15)4/h7-8,12,14H,5-6,9-11H2,1-4H3/t12-,14+/m0/s1. The molecule has 21 heavy (non-hydrogen) atoms. The van der Waals surface area contributed by atoms with Gasteiger partial charge in [-0.3, -0.25) is 9.69 Å². The summed E-state index contributed by atoms with van der Waals surface area (Å²) in [5.74, 6) is 1.48. The summed E-state index contributed by atoms with van der Waals surface area (Å²) in [5, 5.41) is 0. The molecule has 1 aliphatic heterocycles. The molecule has 0 spiro atoms. The van der Waals surface area contributed by atoms with E-state index in [0.717, 1.165) is 31.8 Å². The molecule has 0 aromatic carbocycles. The van der Waals surface area contributed by atoms with Crippen LogP contribution in [-0.4, -0.2) is 66.1 Å². The molecule has 118 valence electrons. The molecule has 2 rings (SSSR count). The maximum atomic E-state index is 11.8. The van der Waals surface area contributed by atoms with E-state index in [1.807, 2.05) is 31.1 Å². The summed E-state index contributed by atoms with van der Waals surface area (Å²) < 4.78 is 7.99. The molecule has 1 aromatic rings. The Morgan fingerprint density at radius 3 is 2.86 bits per heavy atom. The Hall–Kier alpha value is -1.40. The number of ether oxygens (including phenoxy) is 1. The molecule has 1 aliphatic rings. The van der Waals surface area contributed by atoms with Crippen LogP contribution in [0, 0.1) is 5.92 Å². The van der Waals surface area contributed by atoms with Crippen molar-refractivity contribution in [2.75, 3.05) is 40.8 Å². The highest BCUT2D eigenvalue weighted by atomic mass is 16.5. The number of rotatable bonds is 5. The molecule has 0 unspecified atom stereocenters. The molecule has 0 radical (unpaired) electrons. The van der Waals surface area contributed by atoms with Crippen molar-refractivity contribution in [2.45, 2.75) is 18.9 Å². The van der Waals surface area contributed by atoms with Gasteiger partial charge in [0.05, 0.1) is 6.54 Å². The molecule has 1 saturated heterocycles. The summed E-state index contributed by atoms with van der Waals surface area (Å²) in [6, 6.07) is 0. The van der Waals surface area contributed by atoms with E-state index in [2.05, 4.69) is 9.88 Å². The zero-order valence-corrected chi connectivity index (χ0v) is 13.5. The average molecular weight is 294 g/mol. The fraction of sp³-hybridized carbons (Fsp3) is 0.733. The second kappa shape index (κ2) is 7.04. The number of carbonyl (C=O) groups is 1. The first-order valence-electron chi connectivity index (χ1n) is 7.46. The van der Waals surface area contributed by atoms with Gasteiger partial charge in [-0.15, -0.1) is 0 Å². The second-order valence-electron chi connectivity index (χ2n) is 6.07. The molecular formula is C15H26N4O2. The molecule has 0 N–H and O–H groups in total. The highest BCUT2D eigenvalue weighted by Gasteiger charge is 2.31. The summed E-state index contributed by atoms with van der Waals surface area (Å²) in [7, 11) is 7.56. The second-order valence-corrected chi connectivity index (χ2v) is 6.07. The minimum atomic E-state index is 0.0238. The monoisotopic (exact) mass is 294 g/mol. The first-order chi connectivity index (χ1) is 9.99. The van der Waals surface area contributed by atoms with Gasteiger partial charge < -0.3 is 14.2 Å². The van der Waals surface area contributed by atoms with Gasteiger partial charge >= 0.3 is 0 Å². The van der Waals surface area contributed by atoms with Crippen LogP contribution in [-0.2, 0) is 16.6 Å². The van der Waals surface area contributed by atoms with Gasteiger partial charge in [0.1, 0.15) is 11.9 Å². The van der Waals surface area contributed by atoms with E-state index in [1.54, 1.807) is 19.0 Å². The number of nitrogens with zero attached hydrogens (tertiary/aromatic N) is 4.